The summed E-state index contributed by atoms with van der Waals surface area (Å²) in [5.74, 6) is -0.0148. The molecule has 1 aliphatic rings. The number of carbonyl (C=O) groups excluding carboxylic acids is 1. The van der Waals surface area contributed by atoms with Crippen LogP contribution in [0.4, 0.5) is 0 Å². The largest absolute Gasteiger partial charge is 0.391 e. The topological polar surface area (TPSA) is 53.4 Å². The van der Waals surface area contributed by atoms with Gasteiger partial charge in [0.1, 0.15) is 9.88 Å². The number of aliphatic hydroxyl groups is 1. The fourth-order valence-electron chi connectivity index (χ4n) is 2.18. The number of aliphatic hydroxyl groups excluding tert-OH is 1. The van der Waals surface area contributed by atoms with Crippen LogP contribution in [0, 0.1) is 0 Å². The van der Waals surface area contributed by atoms with Crippen molar-refractivity contribution in [3.05, 3.63) is 28.6 Å². The fraction of sp³-hybridized carbons (Fsp3) is 0.385. The lowest BCUT2D eigenvalue weighted by Crippen LogP contribution is -2.41. The number of carbonyl (C=O) groups is 1. The Labute approximate surface area is 119 Å². The lowest BCUT2D eigenvalue weighted by molar-refractivity contribution is 0.0477. The number of thiazole rings is 1. The van der Waals surface area contributed by atoms with Gasteiger partial charge < -0.3 is 10.0 Å². The zero-order chi connectivity index (χ0) is 13.2. The summed E-state index contributed by atoms with van der Waals surface area (Å²) < 4.78 is 0. The molecule has 1 unspecified atom stereocenters. The number of hydrogen-bond acceptors (Lipinski definition) is 5. The monoisotopic (exact) mass is 294 g/mol. The van der Waals surface area contributed by atoms with Crippen LogP contribution >= 0.6 is 22.7 Å². The van der Waals surface area contributed by atoms with E-state index in [4.69, 9.17) is 0 Å². The second-order valence-electron chi connectivity index (χ2n) is 4.55. The van der Waals surface area contributed by atoms with E-state index in [1.165, 1.54) is 11.3 Å². The molecule has 2 aromatic heterocycles. The van der Waals surface area contributed by atoms with Gasteiger partial charge in [-0.2, -0.15) is 0 Å². The lowest BCUT2D eigenvalue weighted by atomic mass is 10.1. The van der Waals surface area contributed by atoms with Crippen LogP contribution in [0.25, 0.3) is 9.88 Å². The minimum atomic E-state index is -0.387. The standard InChI is InChI=1S/C13H14N2O2S2/c16-9-3-1-5-15(8-9)13(17)11-7-14-12(19-11)10-4-2-6-18-10/h2,4,6-7,9,16H,1,3,5,8H2. The van der Waals surface area contributed by atoms with Crippen LogP contribution in [0.3, 0.4) is 0 Å². The van der Waals surface area contributed by atoms with Gasteiger partial charge in [0.2, 0.25) is 0 Å². The molecule has 3 rings (SSSR count). The third kappa shape index (κ3) is 2.70. The third-order valence-electron chi connectivity index (χ3n) is 3.13. The molecule has 0 bridgehead atoms. The number of hydrogen-bond donors (Lipinski definition) is 1. The van der Waals surface area contributed by atoms with Crippen LogP contribution in [0.15, 0.2) is 23.7 Å². The van der Waals surface area contributed by atoms with Crippen LogP contribution < -0.4 is 0 Å². The Kier molecular flexibility index (Phi) is 3.63. The van der Waals surface area contributed by atoms with Gasteiger partial charge in [0.25, 0.3) is 5.91 Å². The zero-order valence-electron chi connectivity index (χ0n) is 10.3. The Morgan fingerprint density at radius 1 is 1.53 bits per heavy atom. The van der Waals surface area contributed by atoms with Crippen molar-refractivity contribution < 1.29 is 9.90 Å². The van der Waals surface area contributed by atoms with Crippen molar-refractivity contribution >= 4 is 28.6 Å². The maximum absolute atomic E-state index is 12.3. The molecule has 0 aromatic carbocycles. The van der Waals surface area contributed by atoms with Crippen LogP contribution in [0.5, 0.6) is 0 Å². The minimum Gasteiger partial charge on any atom is -0.391 e. The summed E-state index contributed by atoms with van der Waals surface area (Å²) in [5, 5.41) is 12.5. The van der Waals surface area contributed by atoms with Crippen molar-refractivity contribution in [2.75, 3.05) is 13.1 Å². The fourth-order valence-corrected chi connectivity index (χ4v) is 3.87. The van der Waals surface area contributed by atoms with Crippen LogP contribution in [-0.4, -0.2) is 40.1 Å². The molecule has 0 saturated carbocycles. The number of rotatable bonds is 2. The molecule has 6 heteroatoms. The summed E-state index contributed by atoms with van der Waals surface area (Å²) in [7, 11) is 0. The van der Waals surface area contributed by atoms with E-state index in [0.717, 1.165) is 29.3 Å². The summed E-state index contributed by atoms with van der Waals surface area (Å²) >= 11 is 3.04. The molecule has 3 heterocycles. The molecule has 0 radical (unpaired) electrons. The van der Waals surface area contributed by atoms with Gasteiger partial charge in [0.15, 0.2) is 0 Å². The average Bonchev–Trinajstić information content (AvgIpc) is 3.08. The molecule has 1 aliphatic heterocycles. The molecule has 0 spiro atoms. The number of aromatic nitrogens is 1. The van der Waals surface area contributed by atoms with Crippen molar-refractivity contribution in [3.8, 4) is 9.88 Å². The highest BCUT2D eigenvalue weighted by atomic mass is 32.1. The summed E-state index contributed by atoms with van der Waals surface area (Å²) in [4.78, 5) is 20.1. The SMILES string of the molecule is O=C(c1cnc(-c2cccs2)s1)N1CCCC(O)C1. The zero-order valence-corrected chi connectivity index (χ0v) is 11.9. The highest BCUT2D eigenvalue weighted by Crippen LogP contribution is 2.29. The van der Waals surface area contributed by atoms with Crippen molar-refractivity contribution in [3.63, 3.8) is 0 Å². The first-order valence-corrected chi connectivity index (χ1v) is 7.90. The molecule has 19 heavy (non-hydrogen) atoms. The predicted octanol–water partition coefficient (Wildman–Crippen LogP) is 2.47. The second kappa shape index (κ2) is 5.40. The normalized spacial score (nSPS) is 19.6. The average molecular weight is 294 g/mol. The van der Waals surface area contributed by atoms with Gasteiger partial charge in [-0.3, -0.25) is 4.79 Å². The molecule has 100 valence electrons. The molecule has 2 aromatic rings. The first-order valence-electron chi connectivity index (χ1n) is 6.21. The Morgan fingerprint density at radius 3 is 3.16 bits per heavy atom. The quantitative estimate of drug-likeness (QED) is 0.925. The maximum Gasteiger partial charge on any atom is 0.265 e. The Morgan fingerprint density at radius 2 is 2.42 bits per heavy atom. The van der Waals surface area contributed by atoms with Crippen LogP contribution in [0.1, 0.15) is 22.5 Å². The number of nitrogens with zero attached hydrogens (tertiary/aromatic N) is 2. The van der Waals surface area contributed by atoms with Gasteiger partial charge >= 0.3 is 0 Å². The van der Waals surface area contributed by atoms with Gasteiger partial charge in [-0.05, 0) is 24.3 Å². The van der Waals surface area contributed by atoms with Gasteiger partial charge in [0.05, 0.1) is 17.2 Å². The van der Waals surface area contributed by atoms with E-state index in [1.807, 2.05) is 17.5 Å². The number of thiophene rings is 1. The van der Waals surface area contributed by atoms with E-state index in [9.17, 15) is 9.90 Å². The van der Waals surface area contributed by atoms with Crippen LogP contribution in [-0.2, 0) is 0 Å². The Bertz CT molecular complexity index is 565. The maximum atomic E-state index is 12.3. The molecule has 1 atom stereocenters. The highest BCUT2D eigenvalue weighted by molar-refractivity contribution is 7.21. The van der Waals surface area contributed by atoms with E-state index in [-0.39, 0.29) is 12.0 Å². The van der Waals surface area contributed by atoms with E-state index in [2.05, 4.69) is 4.98 Å². The number of β-amino-alcohol motifs (C(OH)–C–C–N with tert-alkyl or cyclic N) is 1. The highest BCUT2D eigenvalue weighted by Gasteiger charge is 2.24. The first-order chi connectivity index (χ1) is 9.24. The lowest BCUT2D eigenvalue weighted by Gasteiger charge is -2.29. The van der Waals surface area contributed by atoms with Crippen LogP contribution in [0.2, 0.25) is 0 Å². The first kappa shape index (κ1) is 12.8. The van der Waals surface area contributed by atoms with Gasteiger partial charge in [0, 0.05) is 13.1 Å². The Balaban J connectivity index is 1.77. The van der Waals surface area contributed by atoms with Crippen molar-refractivity contribution in [2.45, 2.75) is 18.9 Å². The number of piperidine rings is 1. The third-order valence-corrected chi connectivity index (χ3v) is 5.16. The van der Waals surface area contributed by atoms with E-state index < -0.39 is 0 Å². The van der Waals surface area contributed by atoms with Crippen molar-refractivity contribution in [1.82, 2.24) is 9.88 Å². The molecule has 1 saturated heterocycles. The van der Waals surface area contributed by atoms with E-state index in [1.54, 1.807) is 22.4 Å². The number of likely N-dealkylation sites (tertiary alicyclic amines) is 1. The second-order valence-corrected chi connectivity index (χ2v) is 6.53. The summed E-state index contributed by atoms with van der Waals surface area (Å²) in [6, 6.07) is 3.98. The predicted molar refractivity (Wildman–Crippen MR) is 76.6 cm³/mol. The van der Waals surface area contributed by atoms with Gasteiger partial charge in [-0.15, -0.1) is 22.7 Å². The molecular weight excluding hydrogens is 280 g/mol. The summed E-state index contributed by atoms with van der Waals surface area (Å²) in [5.41, 5.74) is 0. The molecule has 1 amide bonds. The van der Waals surface area contributed by atoms with E-state index in [0.29, 0.717) is 11.4 Å². The summed E-state index contributed by atoms with van der Waals surface area (Å²) in [6.07, 6.45) is 2.90. The molecule has 4 nitrogen and oxygen atoms in total. The van der Waals surface area contributed by atoms with Gasteiger partial charge in [-0.1, -0.05) is 6.07 Å². The molecular formula is C13H14N2O2S2. The van der Waals surface area contributed by atoms with Crippen molar-refractivity contribution in [1.29, 1.82) is 0 Å². The van der Waals surface area contributed by atoms with Gasteiger partial charge in [-0.25, -0.2) is 4.98 Å². The molecule has 0 aliphatic carbocycles. The number of amides is 1. The van der Waals surface area contributed by atoms with E-state index >= 15 is 0 Å². The smallest absolute Gasteiger partial charge is 0.265 e. The Hall–Kier alpha value is -1.24. The minimum absolute atomic E-state index is 0.0148. The molecule has 1 fully saturated rings. The molecule has 1 N–H and O–H groups in total. The summed E-state index contributed by atoms with van der Waals surface area (Å²) in [6.45, 7) is 1.16. The van der Waals surface area contributed by atoms with Crippen molar-refractivity contribution in [2.24, 2.45) is 0 Å².